The van der Waals surface area contributed by atoms with E-state index in [4.69, 9.17) is 0 Å². The molecule has 0 saturated carbocycles. The number of rotatable bonds is 5. The molecule has 3 N–H and O–H groups in total. The fourth-order valence-corrected chi connectivity index (χ4v) is 2.81. The molecule has 3 rings (SSSR count). The lowest BCUT2D eigenvalue weighted by atomic mass is 9.98. The van der Waals surface area contributed by atoms with Gasteiger partial charge in [0.15, 0.2) is 5.82 Å². The summed E-state index contributed by atoms with van der Waals surface area (Å²) in [4.78, 5) is 16.5. The number of nitrogens with one attached hydrogen (secondary N) is 1. The van der Waals surface area contributed by atoms with Gasteiger partial charge in [-0.25, -0.2) is 0 Å². The smallest absolute Gasteiger partial charge is 0.289 e. The maximum Gasteiger partial charge on any atom is 0.289 e. The highest BCUT2D eigenvalue weighted by Gasteiger charge is 2.24. The minimum Gasteiger partial charge on any atom is -0.508 e. The predicted molar refractivity (Wildman–Crippen MR) is 100 cm³/mol. The van der Waals surface area contributed by atoms with Crippen molar-refractivity contribution in [3.63, 3.8) is 0 Å². The SMILES string of the molecule is CCNC(=O)c1nnc(-c2cc(C(C)C)c(O)cc2O)n1-c1cccnc1. The van der Waals surface area contributed by atoms with Crippen molar-refractivity contribution in [3.8, 4) is 28.6 Å². The number of phenolic OH excluding ortho intramolecular Hbond substituents is 2. The van der Waals surface area contributed by atoms with Crippen molar-refractivity contribution in [1.29, 1.82) is 0 Å². The van der Waals surface area contributed by atoms with E-state index >= 15 is 0 Å². The van der Waals surface area contributed by atoms with Crippen LogP contribution in [-0.4, -0.2) is 42.4 Å². The number of carbonyl (C=O) groups excluding carboxylic acids is 1. The summed E-state index contributed by atoms with van der Waals surface area (Å²) in [6.45, 7) is 6.12. The second kappa shape index (κ2) is 7.45. The number of aromatic nitrogens is 4. The first-order valence-electron chi connectivity index (χ1n) is 8.64. The molecule has 0 aliphatic heterocycles. The maximum atomic E-state index is 12.4. The van der Waals surface area contributed by atoms with Crippen molar-refractivity contribution in [3.05, 3.63) is 48.0 Å². The molecule has 3 aromatic rings. The van der Waals surface area contributed by atoms with E-state index in [9.17, 15) is 15.0 Å². The lowest BCUT2D eigenvalue weighted by Gasteiger charge is -2.14. The first kappa shape index (κ1) is 18.4. The van der Waals surface area contributed by atoms with Crippen molar-refractivity contribution in [2.24, 2.45) is 0 Å². The molecule has 8 nitrogen and oxygen atoms in total. The molecule has 0 radical (unpaired) electrons. The van der Waals surface area contributed by atoms with Gasteiger partial charge in [-0.15, -0.1) is 10.2 Å². The summed E-state index contributed by atoms with van der Waals surface area (Å²) in [5.41, 5.74) is 1.60. The number of aromatic hydroxyl groups is 2. The summed E-state index contributed by atoms with van der Waals surface area (Å²) < 4.78 is 1.54. The largest absolute Gasteiger partial charge is 0.508 e. The van der Waals surface area contributed by atoms with E-state index in [-0.39, 0.29) is 35.0 Å². The Labute approximate surface area is 156 Å². The van der Waals surface area contributed by atoms with Gasteiger partial charge in [0.25, 0.3) is 5.91 Å². The number of amides is 1. The minimum absolute atomic E-state index is 0.00245. The van der Waals surface area contributed by atoms with Crippen molar-refractivity contribution < 1.29 is 15.0 Å². The highest BCUT2D eigenvalue weighted by molar-refractivity contribution is 5.92. The molecule has 0 spiro atoms. The van der Waals surface area contributed by atoms with Crippen LogP contribution in [0, 0.1) is 0 Å². The molecule has 0 fully saturated rings. The van der Waals surface area contributed by atoms with Crippen LogP contribution >= 0.6 is 0 Å². The molecule has 2 aromatic heterocycles. The lowest BCUT2D eigenvalue weighted by molar-refractivity contribution is 0.0943. The van der Waals surface area contributed by atoms with Gasteiger partial charge in [-0.2, -0.15) is 0 Å². The van der Waals surface area contributed by atoms with Crippen LogP contribution in [0.3, 0.4) is 0 Å². The summed E-state index contributed by atoms with van der Waals surface area (Å²) in [5.74, 6) is -0.147. The van der Waals surface area contributed by atoms with Crippen molar-refractivity contribution in [1.82, 2.24) is 25.1 Å². The molecule has 0 aliphatic carbocycles. The molecule has 1 aromatic carbocycles. The fourth-order valence-electron chi connectivity index (χ4n) is 2.81. The van der Waals surface area contributed by atoms with Crippen LogP contribution in [0.4, 0.5) is 0 Å². The first-order chi connectivity index (χ1) is 12.9. The van der Waals surface area contributed by atoms with E-state index in [2.05, 4.69) is 20.5 Å². The van der Waals surface area contributed by atoms with Crippen molar-refractivity contribution >= 4 is 5.91 Å². The van der Waals surface area contributed by atoms with Gasteiger partial charge < -0.3 is 15.5 Å². The third kappa shape index (κ3) is 3.46. The summed E-state index contributed by atoms with van der Waals surface area (Å²) in [7, 11) is 0. The monoisotopic (exact) mass is 367 g/mol. The Hall–Kier alpha value is -3.42. The molecule has 0 atom stereocenters. The normalized spacial score (nSPS) is 11.0. The maximum absolute atomic E-state index is 12.4. The number of phenols is 2. The Bertz CT molecular complexity index is 967. The van der Waals surface area contributed by atoms with Crippen LogP contribution < -0.4 is 5.32 Å². The van der Waals surface area contributed by atoms with Gasteiger partial charge in [0, 0.05) is 18.8 Å². The minimum atomic E-state index is -0.387. The third-order valence-electron chi connectivity index (χ3n) is 4.12. The molecule has 140 valence electrons. The Morgan fingerprint density at radius 3 is 2.63 bits per heavy atom. The Morgan fingerprint density at radius 2 is 2.00 bits per heavy atom. The number of nitrogens with zero attached hydrogens (tertiary/aromatic N) is 4. The van der Waals surface area contributed by atoms with Crippen LogP contribution in [0.15, 0.2) is 36.7 Å². The third-order valence-corrected chi connectivity index (χ3v) is 4.12. The summed E-state index contributed by atoms with van der Waals surface area (Å²) in [6.07, 6.45) is 3.20. The van der Waals surface area contributed by atoms with Gasteiger partial charge in [0.1, 0.15) is 11.5 Å². The topological polar surface area (TPSA) is 113 Å². The van der Waals surface area contributed by atoms with Gasteiger partial charge in [0.05, 0.1) is 17.4 Å². The van der Waals surface area contributed by atoms with Gasteiger partial charge in [0.2, 0.25) is 5.82 Å². The van der Waals surface area contributed by atoms with Crippen molar-refractivity contribution in [2.75, 3.05) is 6.54 Å². The van der Waals surface area contributed by atoms with Gasteiger partial charge >= 0.3 is 0 Å². The van der Waals surface area contributed by atoms with Crippen LogP contribution in [0.25, 0.3) is 17.1 Å². The van der Waals surface area contributed by atoms with Crippen molar-refractivity contribution in [2.45, 2.75) is 26.7 Å². The zero-order valence-corrected chi connectivity index (χ0v) is 15.3. The molecular formula is C19H21N5O3. The van der Waals surface area contributed by atoms with E-state index < -0.39 is 0 Å². The highest BCUT2D eigenvalue weighted by Crippen LogP contribution is 2.38. The highest BCUT2D eigenvalue weighted by atomic mass is 16.3. The predicted octanol–water partition coefficient (Wildman–Crippen LogP) is 2.61. The van der Waals surface area contributed by atoms with Gasteiger partial charge in [-0.05, 0) is 36.6 Å². The van der Waals surface area contributed by atoms with Crippen LogP contribution in [-0.2, 0) is 0 Å². The molecular weight excluding hydrogens is 346 g/mol. The van der Waals surface area contributed by atoms with Gasteiger partial charge in [-0.1, -0.05) is 13.8 Å². The Balaban J connectivity index is 2.26. The fraction of sp³-hybridized carbons (Fsp3) is 0.263. The standard InChI is InChI=1S/C19H21N5O3/c1-4-21-19(27)18-23-22-17(24(18)12-6-5-7-20-10-12)14-8-13(11(2)3)15(25)9-16(14)26/h5-11,25-26H,4H2,1-3H3,(H,21,27). The van der Waals surface area contributed by atoms with Crippen LogP contribution in [0.5, 0.6) is 11.5 Å². The zero-order valence-electron chi connectivity index (χ0n) is 15.3. The lowest BCUT2D eigenvalue weighted by Crippen LogP contribution is -2.26. The number of benzene rings is 1. The molecule has 8 heteroatoms. The average Bonchev–Trinajstić information content (AvgIpc) is 3.07. The number of pyridine rings is 1. The molecule has 2 heterocycles. The van der Waals surface area contributed by atoms with Crippen LogP contribution in [0.1, 0.15) is 42.9 Å². The van der Waals surface area contributed by atoms with Crippen LogP contribution in [0.2, 0.25) is 0 Å². The van der Waals surface area contributed by atoms with E-state index in [0.717, 1.165) is 0 Å². The summed E-state index contributed by atoms with van der Waals surface area (Å²) in [5, 5.41) is 31.4. The second-order valence-electron chi connectivity index (χ2n) is 6.34. The zero-order chi connectivity index (χ0) is 19.6. The average molecular weight is 367 g/mol. The molecule has 0 unspecified atom stereocenters. The summed E-state index contributed by atoms with van der Waals surface area (Å²) >= 11 is 0. The second-order valence-corrected chi connectivity index (χ2v) is 6.34. The first-order valence-corrected chi connectivity index (χ1v) is 8.64. The molecule has 0 bridgehead atoms. The molecule has 0 aliphatic rings. The Kier molecular flexibility index (Phi) is 5.07. The Morgan fingerprint density at radius 1 is 1.22 bits per heavy atom. The quantitative estimate of drug-likeness (QED) is 0.639. The molecule has 1 amide bonds. The number of hydrogen-bond donors (Lipinski definition) is 3. The van der Waals surface area contributed by atoms with E-state index in [1.54, 1.807) is 30.6 Å². The molecule has 0 saturated heterocycles. The molecule has 27 heavy (non-hydrogen) atoms. The van der Waals surface area contributed by atoms with Gasteiger partial charge in [-0.3, -0.25) is 14.3 Å². The van der Waals surface area contributed by atoms with E-state index in [1.807, 2.05) is 20.8 Å². The summed E-state index contributed by atoms with van der Waals surface area (Å²) in [6, 6.07) is 6.44. The number of carbonyl (C=O) groups is 1. The number of hydrogen-bond acceptors (Lipinski definition) is 6. The van der Waals surface area contributed by atoms with E-state index in [0.29, 0.717) is 23.4 Å². The van der Waals surface area contributed by atoms with E-state index in [1.165, 1.54) is 10.6 Å².